The van der Waals surface area contributed by atoms with Crippen LogP contribution in [-0.4, -0.2) is 25.0 Å². The zero-order chi connectivity index (χ0) is 18.1. The van der Waals surface area contributed by atoms with Gasteiger partial charge in [-0.25, -0.2) is 4.79 Å². The first kappa shape index (κ1) is 18.7. The van der Waals surface area contributed by atoms with Crippen LogP contribution in [0.15, 0.2) is 48.5 Å². The zero-order valence-electron chi connectivity index (χ0n) is 14.7. The Labute approximate surface area is 148 Å². The Morgan fingerprint density at radius 3 is 2.52 bits per heavy atom. The van der Waals surface area contributed by atoms with Gasteiger partial charge in [-0.1, -0.05) is 29.8 Å². The smallest absolute Gasteiger partial charge is 0.338 e. The zero-order valence-corrected chi connectivity index (χ0v) is 14.7. The summed E-state index contributed by atoms with van der Waals surface area (Å²) in [6, 6.07) is 15.0. The summed E-state index contributed by atoms with van der Waals surface area (Å²) in [5, 5.41) is 6.08. The highest BCUT2D eigenvalue weighted by atomic mass is 16.5. The van der Waals surface area contributed by atoms with E-state index in [9.17, 15) is 9.59 Å². The van der Waals surface area contributed by atoms with Crippen molar-refractivity contribution in [3.05, 3.63) is 65.2 Å². The van der Waals surface area contributed by atoms with Gasteiger partial charge in [0.25, 0.3) is 0 Å². The Hall–Kier alpha value is -2.66. The number of benzene rings is 2. The number of anilines is 1. The average molecular weight is 340 g/mol. The molecule has 2 aromatic rings. The van der Waals surface area contributed by atoms with E-state index >= 15 is 0 Å². The Morgan fingerprint density at radius 2 is 1.84 bits per heavy atom. The predicted octanol–water partition coefficient (Wildman–Crippen LogP) is 3.29. The molecule has 0 bridgehead atoms. The van der Waals surface area contributed by atoms with Gasteiger partial charge in [-0.15, -0.1) is 0 Å². The highest BCUT2D eigenvalue weighted by Crippen LogP contribution is 2.11. The van der Waals surface area contributed by atoms with Crippen molar-refractivity contribution in [3.63, 3.8) is 0 Å². The third-order valence-electron chi connectivity index (χ3n) is 3.62. The van der Waals surface area contributed by atoms with Gasteiger partial charge in [0.15, 0.2) is 0 Å². The lowest BCUT2D eigenvalue weighted by Gasteiger charge is -2.08. The maximum Gasteiger partial charge on any atom is 0.338 e. The van der Waals surface area contributed by atoms with Crippen molar-refractivity contribution in [1.82, 2.24) is 5.32 Å². The van der Waals surface area contributed by atoms with Gasteiger partial charge in [-0.05, 0) is 43.7 Å². The van der Waals surface area contributed by atoms with Crippen molar-refractivity contribution in [2.75, 3.05) is 18.5 Å². The maximum absolute atomic E-state index is 12.0. The summed E-state index contributed by atoms with van der Waals surface area (Å²) in [5.41, 5.74) is 3.56. The van der Waals surface area contributed by atoms with Crippen LogP contribution >= 0.6 is 0 Å². The number of esters is 1. The van der Waals surface area contributed by atoms with Crippen LogP contribution in [0.4, 0.5) is 5.69 Å². The van der Waals surface area contributed by atoms with E-state index in [4.69, 9.17) is 4.74 Å². The van der Waals surface area contributed by atoms with Gasteiger partial charge >= 0.3 is 5.97 Å². The van der Waals surface area contributed by atoms with Crippen LogP contribution in [0.2, 0.25) is 0 Å². The number of carbonyl (C=O) groups is 2. The molecule has 2 aromatic carbocycles. The largest absolute Gasteiger partial charge is 0.462 e. The Kier molecular flexibility index (Phi) is 7.16. The molecule has 25 heavy (non-hydrogen) atoms. The van der Waals surface area contributed by atoms with E-state index in [1.54, 1.807) is 31.2 Å². The van der Waals surface area contributed by atoms with Gasteiger partial charge in [0.05, 0.1) is 12.2 Å². The Morgan fingerprint density at radius 1 is 1.08 bits per heavy atom. The molecular weight excluding hydrogens is 316 g/mol. The van der Waals surface area contributed by atoms with Crippen molar-refractivity contribution in [2.24, 2.45) is 0 Å². The molecule has 0 aliphatic rings. The maximum atomic E-state index is 12.0. The third-order valence-corrected chi connectivity index (χ3v) is 3.62. The van der Waals surface area contributed by atoms with Gasteiger partial charge in [-0.3, -0.25) is 4.79 Å². The third kappa shape index (κ3) is 6.39. The van der Waals surface area contributed by atoms with Crippen molar-refractivity contribution < 1.29 is 14.3 Å². The summed E-state index contributed by atoms with van der Waals surface area (Å²) < 4.78 is 4.92. The van der Waals surface area contributed by atoms with Crippen LogP contribution in [0, 0.1) is 6.92 Å². The molecule has 5 heteroatoms. The number of carbonyl (C=O) groups excluding carboxylic acids is 2. The fraction of sp³-hybridized carbons (Fsp3) is 0.300. The van der Waals surface area contributed by atoms with Gasteiger partial charge in [-0.2, -0.15) is 0 Å². The number of rotatable bonds is 8. The second-order valence-electron chi connectivity index (χ2n) is 5.76. The van der Waals surface area contributed by atoms with Crippen LogP contribution in [0.3, 0.4) is 0 Å². The molecule has 0 aliphatic carbocycles. The molecule has 0 radical (unpaired) electrons. The molecule has 5 nitrogen and oxygen atoms in total. The van der Waals surface area contributed by atoms with E-state index < -0.39 is 0 Å². The molecule has 2 N–H and O–H groups in total. The van der Waals surface area contributed by atoms with Crippen LogP contribution in [0.5, 0.6) is 0 Å². The fourth-order valence-corrected chi connectivity index (χ4v) is 2.38. The topological polar surface area (TPSA) is 67.4 Å². The number of hydrogen-bond donors (Lipinski definition) is 2. The van der Waals surface area contributed by atoms with Gasteiger partial charge < -0.3 is 15.4 Å². The molecule has 0 aliphatic heterocycles. The SMILES string of the molecule is CCOC(=O)c1ccc(NC(=O)CCNCc2cccc(C)c2)cc1. The highest BCUT2D eigenvalue weighted by molar-refractivity contribution is 5.93. The first-order valence-corrected chi connectivity index (χ1v) is 8.42. The average Bonchev–Trinajstić information content (AvgIpc) is 2.60. The molecule has 1 amide bonds. The van der Waals surface area contributed by atoms with Crippen LogP contribution in [0.1, 0.15) is 34.8 Å². The first-order valence-electron chi connectivity index (χ1n) is 8.42. The van der Waals surface area contributed by atoms with Crippen LogP contribution < -0.4 is 10.6 Å². The summed E-state index contributed by atoms with van der Waals surface area (Å²) in [6.45, 7) is 5.50. The molecule has 0 saturated carbocycles. The normalized spacial score (nSPS) is 10.3. The number of hydrogen-bond acceptors (Lipinski definition) is 4. The van der Waals surface area contributed by atoms with Gasteiger partial charge in [0.1, 0.15) is 0 Å². The molecule has 2 rings (SSSR count). The molecule has 0 aromatic heterocycles. The number of amides is 1. The lowest BCUT2D eigenvalue weighted by atomic mass is 10.1. The fourth-order valence-electron chi connectivity index (χ4n) is 2.38. The second-order valence-corrected chi connectivity index (χ2v) is 5.76. The molecule has 0 fully saturated rings. The van der Waals surface area contributed by atoms with Gasteiger partial charge in [0.2, 0.25) is 5.91 Å². The molecule has 0 spiro atoms. The quantitative estimate of drug-likeness (QED) is 0.572. The van der Waals surface area contributed by atoms with E-state index in [-0.39, 0.29) is 11.9 Å². The molecule has 0 saturated heterocycles. The Balaban J connectivity index is 1.72. The van der Waals surface area contributed by atoms with Crippen molar-refractivity contribution in [2.45, 2.75) is 26.8 Å². The van der Waals surface area contributed by atoms with Gasteiger partial charge in [0, 0.05) is 25.2 Å². The van der Waals surface area contributed by atoms with Crippen LogP contribution in [-0.2, 0) is 16.1 Å². The lowest BCUT2D eigenvalue weighted by molar-refractivity contribution is -0.116. The molecule has 0 atom stereocenters. The molecule has 132 valence electrons. The van der Waals surface area contributed by atoms with E-state index in [1.807, 2.05) is 6.07 Å². The minimum Gasteiger partial charge on any atom is -0.462 e. The van der Waals surface area contributed by atoms with E-state index in [1.165, 1.54) is 11.1 Å². The van der Waals surface area contributed by atoms with Crippen molar-refractivity contribution in [3.8, 4) is 0 Å². The standard InChI is InChI=1S/C20H24N2O3/c1-3-25-20(24)17-7-9-18(10-8-17)22-19(23)11-12-21-14-16-6-4-5-15(2)13-16/h4-10,13,21H,3,11-12,14H2,1-2H3,(H,22,23). The Bertz CT molecular complexity index is 711. The summed E-state index contributed by atoms with van der Waals surface area (Å²) in [7, 11) is 0. The molecule has 0 heterocycles. The van der Waals surface area contributed by atoms with E-state index in [0.29, 0.717) is 30.8 Å². The minimum atomic E-state index is -0.360. The first-order chi connectivity index (χ1) is 12.1. The number of nitrogens with one attached hydrogen (secondary N) is 2. The second kappa shape index (κ2) is 9.59. The van der Waals surface area contributed by atoms with E-state index in [2.05, 4.69) is 35.8 Å². The summed E-state index contributed by atoms with van der Waals surface area (Å²) >= 11 is 0. The predicted molar refractivity (Wildman–Crippen MR) is 98.5 cm³/mol. The summed E-state index contributed by atoms with van der Waals surface area (Å²) in [5.74, 6) is -0.429. The minimum absolute atomic E-state index is 0.0689. The molecular formula is C20H24N2O3. The van der Waals surface area contributed by atoms with Crippen molar-refractivity contribution in [1.29, 1.82) is 0 Å². The monoisotopic (exact) mass is 340 g/mol. The lowest BCUT2D eigenvalue weighted by Crippen LogP contribution is -2.21. The number of aryl methyl sites for hydroxylation is 1. The molecule has 0 unspecified atom stereocenters. The van der Waals surface area contributed by atoms with Crippen LogP contribution in [0.25, 0.3) is 0 Å². The summed E-state index contributed by atoms with van der Waals surface area (Å²) in [4.78, 5) is 23.5. The van der Waals surface area contributed by atoms with Crippen molar-refractivity contribution >= 4 is 17.6 Å². The van der Waals surface area contributed by atoms with E-state index in [0.717, 1.165) is 6.54 Å². The number of ether oxygens (including phenoxy) is 1. The summed E-state index contributed by atoms with van der Waals surface area (Å²) in [6.07, 6.45) is 0.380. The highest BCUT2D eigenvalue weighted by Gasteiger charge is 2.07.